The van der Waals surface area contributed by atoms with Crippen LogP contribution in [0.3, 0.4) is 0 Å². The first-order valence-corrected chi connectivity index (χ1v) is 11.2. The molecule has 3 aromatic rings. The molecule has 0 radical (unpaired) electrons. The normalized spacial score (nSPS) is 16.0. The Morgan fingerprint density at radius 3 is 2.70 bits per heavy atom. The third-order valence-corrected chi connectivity index (χ3v) is 5.59. The van der Waals surface area contributed by atoms with Gasteiger partial charge in [-0.25, -0.2) is 15.0 Å². The molecule has 0 aliphatic carbocycles. The fourth-order valence-corrected chi connectivity index (χ4v) is 3.79. The van der Waals surface area contributed by atoms with Crippen molar-refractivity contribution in [2.24, 2.45) is 5.73 Å². The van der Waals surface area contributed by atoms with Gasteiger partial charge < -0.3 is 20.8 Å². The number of halogens is 3. The second-order valence-electron chi connectivity index (χ2n) is 8.22. The highest BCUT2D eigenvalue weighted by molar-refractivity contribution is 5.95. The summed E-state index contributed by atoms with van der Waals surface area (Å²) in [6.07, 6.45) is 0.409. The molecule has 0 bridgehead atoms. The molecule has 3 heterocycles. The predicted octanol–water partition coefficient (Wildman–Crippen LogP) is 3.07. The van der Waals surface area contributed by atoms with Gasteiger partial charge in [-0.15, -0.1) is 0 Å². The molecular formula is C24H24F3N7O3. The number of benzene rings is 1. The average Bonchev–Trinajstić information content (AvgIpc) is 3.48. The summed E-state index contributed by atoms with van der Waals surface area (Å²) in [5.74, 6) is -1.35. The number of primary amides is 1. The molecule has 10 nitrogen and oxygen atoms in total. The van der Waals surface area contributed by atoms with Gasteiger partial charge in [-0.05, 0) is 36.2 Å². The Hall–Kier alpha value is -4.39. The van der Waals surface area contributed by atoms with E-state index in [9.17, 15) is 22.8 Å². The first-order valence-electron chi connectivity index (χ1n) is 11.2. The zero-order chi connectivity index (χ0) is 26.7. The lowest BCUT2D eigenvalue weighted by atomic mass is 10.1. The Morgan fingerprint density at radius 2 is 2.00 bits per heavy atom. The van der Waals surface area contributed by atoms with Gasteiger partial charge in [-0.1, -0.05) is 19.1 Å². The number of carbonyl (C=O) groups excluding carboxylic acids is 2. The number of hydrogen-bond acceptors (Lipinski definition) is 8. The number of likely N-dealkylation sites (N-methyl/N-ethyl adjacent to an activating group) is 1. The second kappa shape index (κ2) is 10.3. The Balaban J connectivity index is 1.52. The van der Waals surface area contributed by atoms with Crippen molar-refractivity contribution < 1.29 is 27.2 Å². The van der Waals surface area contributed by atoms with Crippen LogP contribution in [0.4, 0.5) is 24.7 Å². The van der Waals surface area contributed by atoms with E-state index in [4.69, 9.17) is 10.2 Å². The zero-order valence-corrected chi connectivity index (χ0v) is 19.9. The van der Waals surface area contributed by atoms with Gasteiger partial charge in [0.1, 0.15) is 24.7 Å². The van der Waals surface area contributed by atoms with Gasteiger partial charge in [0, 0.05) is 25.0 Å². The van der Waals surface area contributed by atoms with Crippen molar-refractivity contribution in [2.75, 3.05) is 23.9 Å². The number of amides is 2. The van der Waals surface area contributed by atoms with Crippen molar-refractivity contribution in [1.82, 2.24) is 20.3 Å². The molecule has 1 atom stereocenters. The van der Waals surface area contributed by atoms with Gasteiger partial charge in [0.25, 0.3) is 5.91 Å². The molecule has 4 N–H and O–H groups in total. The van der Waals surface area contributed by atoms with Crippen LogP contribution in [0.1, 0.15) is 23.0 Å². The van der Waals surface area contributed by atoms with Crippen molar-refractivity contribution in [3.63, 3.8) is 0 Å². The highest BCUT2D eigenvalue weighted by atomic mass is 19.4. The summed E-state index contributed by atoms with van der Waals surface area (Å²) in [6.45, 7) is 0.769. The highest BCUT2D eigenvalue weighted by Crippen LogP contribution is 2.28. The number of rotatable bonds is 8. The standard InChI is InChI=1S/C24H24F3N7O3/c1-3-14-5-4-6-16(9-14)34-11-17(20(21(28)35)33(34)2)31-22(36)18-12-37-23(32-18)15-7-8-29-19(10-15)30-13-24(25,26)27/h4-12,20H,3,13H2,1-2H3,(H2,28,35)(H,29,30)(H,31,36). The summed E-state index contributed by atoms with van der Waals surface area (Å²) in [6, 6.07) is 9.56. The Kier molecular flexibility index (Phi) is 7.16. The van der Waals surface area contributed by atoms with E-state index < -0.39 is 30.6 Å². The Labute approximate surface area is 209 Å². The number of hydrogen-bond donors (Lipinski definition) is 3. The minimum Gasteiger partial charge on any atom is -0.444 e. The van der Waals surface area contributed by atoms with Crippen LogP contribution in [0.5, 0.6) is 0 Å². The van der Waals surface area contributed by atoms with Gasteiger partial charge >= 0.3 is 6.18 Å². The van der Waals surface area contributed by atoms with Crippen molar-refractivity contribution in [1.29, 1.82) is 0 Å². The smallest absolute Gasteiger partial charge is 0.405 e. The molecule has 0 spiro atoms. The lowest BCUT2D eigenvalue weighted by Gasteiger charge is -2.29. The fraction of sp³-hybridized carbons (Fsp3) is 0.250. The molecule has 4 rings (SSSR count). The van der Waals surface area contributed by atoms with Crippen LogP contribution in [0.25, 0.3) is 11.5 Å². The maximum absolute atomic E-state index is 12.9. The zero-order valence-electron chi connectivity index (χ0n) is 19.9. The van der Waals surface area contributed by atoms with E-state index in [2.05, 4.69) is 20.6 Å². The SMILES string of the molecule is CCc1cccc(N2C=C(NC(=O)c3coc(-c4ccnc(NCC(F)(F)F)c4)n3)C(C(N)=O)N2C)c1. The minimum atomic E-state index is -4.41. The van der Waals surface area contributed by atoms with Crippen LogP contribution < -0.4 is 21.4 Å². The van der Waals surface area contributed by atoms with E-state index in [0.29, 0.717) is 5.56 Å². The maximum atomic E-state index is 12.9. The third-order valence-electron chi connectivity index (χ3n) is 5.59. The topological polar surface area (TPSA) is 130 Å². The number of alkyl halides is 3. The summed E-state index contributed by atoms with van der Waals surface area (Å²) in [4.78, 5) is 33.1. The molecule has 1 aliphatic heterocycles. The quantitative estimate of drug-likeness (QED) is 0.418. The van der Waals surface area contributed by atoms with Crippen LogP contribution in [-0.4, -0.2) is 52.6 Å². The molecule has 2 amide bonds. The third kappa shape index (κ3) is 5.89. The molecule has 194 valence electrons. The number of pyridine rings is 1. The van der Waals surface area contributed by atoms with Gasteiger partial charge in [-0.2, -0.15) is 13.2 Å². The number of oxazole rings is 1. The number of carbonyl (C=O) groups is 2. The van der Waals surface area contributed by atoms with Crippen LogP contribution in [0.2, 0.25) is 0 Å². The van der Waals surface area contributed by atoms with Gasteiger partial charge in [0.2, 0.25) is 11.8 Å². The van der Waals surface area contributed by atoms with E-state index in [1.54, 1.807) is 23.3 Å². The van der Waals surface area contributed by atoms with E-state index in [1.807, 2.05) is 31.2 Å². The summed E-state index contributed by atoms with van der Waals surface area (Å²) >= 11 is 0. The van der Waals surface area contributed by atoms with E-state index in [1.165, 1.54) is 18.3 Å². The number of nitrogens with two attached hydrogens (primary N) is 1. The number of hydrazine groups is 1. The lowest BCUT2D eigenvalue weighted by molar-refractivity contribution is -0.121. The number of aryl methyl sites for hydroxylation is 1. The largest absolute Gasteiger partial charge is 0.444 e. The van der Waals surface area contributed by atoms with E-state index in [-0.39, 0.29) is 23.1 Å². The summed E-state index contributed by atoms with van der Waals surface area (Å²) < 4.78 is 42.8. The van der Waals surface area contributed by atoms with Crippen LogP contribution >= 0.6 is 0 Å². The van der Waals surface area contributed by atoms with Crippen LogP contribution in [0, 0.1) is 0 Å². The van der Waals surface area contributed by atoms with Crippen molar-refractivity contribution in [3.05, 3.63) is 72.0 Å². The van der Waals surface area contributed by atoms with E-state index in [0.717, 1.165) is 23.9 Å². The number of anilines is 2. The van der Waals surface area contributed by atoms with Gasteiger partial charge in [-0.3, -0.25) is 14.6 Å². The summed E-state index contributed by atoms with van der Waals surface area (Å²) in [5.41, 5.74) is 7.96. The molecule has 13 heteroatoms. The van der Waals surface area contributed by atoms with E-state index >= 15 is 0 Å². The second-order valence-corrected chi connectivity index (χ2v) is 8.22. The first kappa shape index (κ1) is 25.7. The molecule has 1 aromatic carbocycles. The number of nitrogens with one attached hydrogen (secondary N) is 2. The van der Waals surface area contributed by atoms with Crippen molar-refractivity contribution in [3.8, 4) is 11.5 Å². The maximum Gasteiger partial charge on any atom is 0.405 e. The average molecular weight is 515 g/mol. The highest BCUT2D eigenvalue weighted by Gasteiger charge is 2.36. The minimum absolute atomic E-state index is 0.00425. The summed E-state index contributed by atoms with van der Waals surface area (Å²) in [5, 5.41) is 8.15. The number of nitrogens with zero attached hydrogens (tertiary/aromatic N) is 4. The van der Waals surface area contributed by atoms with Gasteiger partial charge in [0.15, 0.2) is 5.69 Å². The molecule has 1 aliphatic rings. The molecule has 2 aromatic heterocycles. The molecule has 0 fully saturated rings. The molecule has 0 saturated carbocycles. The Morgan fingerprint density at radius 1 is 1.22 bits per heavy atom. The first-order chi connectivity index (χ1) is 17.6. The number of aromatic nitrogens is 2. The van der Waals surface area contributed by atoms with Gasteiger partial charge in [0.05, 0.1) is 11.4 Å². The molecule has 1 unspecified atom stereocenters. The van der Waals surface area contributed by atoms with Crippen molar-refractivity contribution >= 4 is 23.3 Å². The Bertz CT molecular complexity index is 1340. The van der Waals surface area contributed by atoms with Crippen LogP contribution in [0.15, 0.2) is 65.2 Å². The predicted molar refractivity (Wildman–Crippen MR) is 129 cm³/mol. The van der Waals surface area contributed by atoms with Crippen molar-refractivity contribution in [2.45, 2.75) is 25.6 Å². The summed E-state index contributed by atoms with van der Waals surface area (Å²) in [7, 11) is 1.67. The monoisotopic (exact) mass is 515 g/mol. The molecule has 0 saturated heterocycles. The lowest BCUT2D eigenvalue weighted by Crippen LogP contribution is -2.48. The molecule has 37 heavy (non-hydrogen) atoms. The molecular weight excluding hydrogens is 491 g/mol. The van der Waals surface area contributed by atoms with Crippen LogP contribution in [-0.2, 0) is 11.2 Å². The fourth-order valence-electron chi connectivity index (χ4n) is 3.79.